The number of hydrogen-bond donors (Lipinski definition) is 2. The number of amides is 1. The first-order valence-corrected chi connectivity index (χ1v) is 7.14. The Balaban J connectivity index is 2.09. The topological polar surface area (TPSA) is 100 Å². The normalized spacial score (nSPS) is 15.9. The first-order valence-electron chi connectivity index (χ1n) is 7.14. The molecule has 1 saturated heterocycles. The number of nitrogens with zero attached hydrogens (tertiary/aromatic N) is 5. The van der Waals surface area contributed by atoms with Crippen molar-refractivity contribution in [3.05, 3.63) is 0 Å². The van der Waals surface area contributed by atoms with E-state index in [4.69, 9.17) is 5.73 Å². The fourth-order valence-corrected chi connectivity index (χ4v) is 2.43. The van der Waals surface area contributed by atoms with Crippen LogP contribution in [0.25, 0.3) is 0 Å². The number of hydrogen-bond acceptors (Lipinski definition) is 7. The lowest BCUT2D eigenvalue weighted by Crippen LogP contribution is -2.36. The number of carbonyl (C=O) groups excluding carboxylic acids is 1. The third kappa shape index (κ3) is 3.93. The van der Waals surface area contributed by atoms with E-state index in [0.29, 0.717) is 30.2 Å². The van der Waals surface area contributed by atoms with Gasteiger partial charge >= 0.3 is 0 Å². The maximum absolute atomic E-state index is 11.0. The van der Waals surface area contributed by atoms with Crippen LogP contribution in [0.1, 0.15) is 19.3 Å². The van der Waals surface area contributed by atoms with Crippen molar-refractivity contribution in [2.45, 2.75) is 19.3 Å². The van der Waals surface area contributed by atoms with Crippen LogP contribution in [-0.4, -0.2) is 55.1 Å². The van der Waals surface area contributed by atoms with Gasteiger partial charge in [-0.1, -0.05) is 0 Å². The summed E-state index contributed by atoms with van der Waals surface area (Å²) in [5, 5.41) is 2.96. The monoisotopic (exact) mass is 293 g/mol. The zero-order chi connectivity index (χ0) is 15.4. The second-order valence-electron chi connectivity index (χ2n) is 5.50. The Morgan fingerprint density at radius 2 is 2.00 bits per heavy atom. The summed E-state index contributed by atoms with van der Waals surface area (Å²) in [6, 6.07) is 0. The first-order chi connectivity index (χ1) is 9.99. The Morgan fingerprint density at radius 1 is 1.33 bits per heavy atom. The van der Waals surface area contributed by atoms with Crippen LogP contribution >= 0.6 is 0 Å². The largest absolute Gasteiger partial charge is 0.370 e. The number of nitrogens with two attached hydrogens (primary N) is 1. The number of anilines is 3. The van der Waals surface area contributed by atoms with Crippen LogP contribution in [0.15, 0.2) is 0 Å². The van der Waals surface area contributed by atoms with E-state index < -0.39 is 0 Å². The molecule has 0 aliphatic carbocycles. The van der Waals surface area contributed by atoms with Crippen molar-refractivity contribution in [3.63, 3.8) is 0 Å². The highest BCUT2D eigenvalue weighted by Gasteiger charge is 2.23. The summed E-state index contributed by atoms with van der Waals surface area (Å²) < 4.78 is 0. The van der Waals surface area contributed by atoms with Gasteiger partial charge in [-0.15, -0.1) is 0 Å². The molecule has 1 amide bonds. The minimum absolute atomic E-state index is 0.221. The molecule has 3 N–H and O–H groups in total. The average molecular weight is 293 g/mol. The molecule has 0 radical (unpaired) electrons. The molecule has 1 aliphatic rings. The van der Waals surface area contributed by atoms with Crippen LogP contribution in [0.4, 0.5) is 17.8 Å². The Kier molecular flexibility index (Phi) is 4.77. The maximum Gasteiger partial charge on any atom is 0.231 e. The van der Waals surface area contributed by atoms with Crippen LogP contribution in [0.5, 0.6) is 0 Å². The van der Waals surface area contributed by atoms with Gasteiger partial charge in [0.05, 0.1) is 0 Å². The van der Waals surface area contributed by atoms with Crippen molar-refractivity contribution >= 4 is 23.8 Å². The molecular weight excluding hydrogens is 270 g/mol. The highest BCUT2D eigenvalue weighted by Crippen LogP contribution is 2.24. The smallest absolute Gasteiger partial charge is 0.231 e. The van der Waals surface area contributed by atoms with Crippen LogP contribution < -0.4 is 20.9 Å². The zero-order valence-electron chi connectivity index (χ0n) is 12.8. The van der Waals surface area contributed by atoms with Crippen LogP contribution in [0.3, 0.4) is 0 Å². The van der Waals surface area contributed by atoms with Gasteiger partial charge in [-0.25, -0.2) is 0 Å². The third-order valence-electron chi connectivity index (χ3n) is 3.62. The number of rotatable bonds is 5. The molecule has 0 spiro atoms. The molecule has 1 fully saturated rings. The van der Waals surface area contributed by atoms with Crippen molar-refractivity contribution in [2.24, 2.45) is 11.7 Å². The molecule has 21 heavy (non-hydrogen) atoms. The fourth-order valence-electron chi connectivity index (χ4n) is 2.43. The summed E-state index contributed by atoms with van der Waals surface area (Å²) in [6.07, 6.45) is 2.33. The summed E-state index contributed by atoms with van der Waals surface area (Å²) >= 11 is 0. The van der Waals surface area contributed by atoms with Gasteiger partial charge in [0, 0.05) is 40.7 Å². The van der Waals surface area contributed by atoms with Gasteiger partial charge in [-0.2, -0.15) is 15.0 Å². The van der Waals surface area contributed by atoms with Crippen LogP contribution in [-0.2, 0) is 4.79 Å². The average Bonchev–Trinajstić information content (AvgIpc) is 2.46. The summed E-state index contributed by atoms with van der Waals surface area (Å²) in [5.41, 5.74) is 5.26. The molecular formula is C13H23N7O. The molecule has 8 heteroatoms. The lowest BCUT2D eigenvalue weighted by atomic mass is 9.93. The quantitative estimate of drug-likeness (QED) is 0.792. The number of piperidine rings is 1. The zero-order valence-corrected chi connectivity index (χ0v) is 12.8. The fraction of sp³-hybridized carbons (Fsp3) is 0.692. The number of aromatic nitrogens is 3. The molecule has 0 saturated carbocycles. The van der Waals surface area contributed by atoms with Gasteiger partial charge in [0.25, 0.3) is 0 Å². The van der Waals surface area contributed by atoms with Gasteiger partial charge < -0.3 is 20.9 Å². The maximum atomic E-state index is 11.0. The predicted octanol–water partition coefficient (Wildman–Crippen LogP) is 0.0711. The molecule has 2 rings (SSSR count). The van der Waals surface area contributed by atoms with Crippen LogP contribution in [0, 0.1) is 5.92 Å². The van der Waals surface area contributed by atoms with E-state index in [1.165, 1.54) is 0 Å². The molecule has 8 nitrogen and oxygen atoms in total. The van der Waals surface area contributed by atoms with Crippen molar-refractivity contribution in [3.8, 4) is 0 Å². The van der Waals surface area contributed by atoms with Gasteiger partial charge in [0.1, 0.15) is 0 Å². The summed E-state index contributed by atoms with van der Waals surface area (Å²) in [4.78, 5) is 28.2. The van der Waals surface area contributed by atoms with E-state index in [1.807, 2.05) is 19.0 Å². The summed E-state index contributed by atoms with van der Waals surface area (Å²) in [7, 11) is 5.59. The van der Waals surface area contributed by atoms with E-state index in [-0.39, 0.29) is 5.91 Å². The standard InChI is InChI=1S/C13H23N7O/c1-15-11-16-12(19(2)3)18-13(17-11)20-6-4-9(5-7-20)8-10(14)21/h9H,4-8H2,1-3H3,(H2,14,21)(H,15,16,17,18). The Hall–Kier alpha value is -2.12. The molecule has 0 bridgehead atoms. The van der Waals surface area contributed by atoms with E-state index in [9.17, 15) is 4.79 Å². The number of primary amides is 1. The first kappa shape index (κ1) is 15.3. The molecule has 1 aromatic heterocycles. The van der Waals surface area contributed by atoms with Crippen molar-refractivity contribution in [1.82, 2.24) is 15.0 Å². The Labute approximate surface area is 124 Å². The molecule has 116 valence electrons. The van der Waals surface area contributed by atoms with E-state index >= 15 is 0 Å². The molecule has 1 aromatic rings. The SMILES string of the molecule is CNc1nc(N(C)C)nc(N2CCC(CC(N)=O)CC2)n1. The van der Waals surface area contributed by atoms with E-state index in [2.05, 4.69) is 25.2 Å². The molecule has 0 atom stereocenters. The van der Waals surface area contributed by atoms with Crippen LogP contribution in [0.2, 0.25) is 0 Å². The second-order valence-corrected chi connectivity index (χ2v) is 5.50. The molecule has 1 aliphatic heterocycles. The van der Waals surface area contributed by atoms with E-state index in [1.54, 1.807) is 7.05 Å². The van der Waals surface area contributed by atoms with Gasteiger partial charge in [0.15, 0.2) is 0 Å². The second kappa shape index (κ2) is 6.55. The lowest BCUT2D eigenvalue weighted by molar-refractivity contribution is -0.119. The third-order valence-corrected chi connectivity index (χ3v) is 3.62. The van der Waals surface area contributed by atoms with E-state index in [0.717, 1.165) is 25.9 Å². The van der Waals surface area contributed by atoms with Crippen molar-refractivity contribution in [2.75, 3.05) is 49.3 Å². The Bertz CT molecular complexity index is 497. The van der Waals surface area contributed by atoms with Gasteiger partial charge in [-0.05, 0) is 18.8 Å². The van der Waals surface area contributed by atoms with Crippen molar-refractivity contribution < 1.29 is 4.79 Å². The highest BCUT2D eigenvalue weighted by molar-refractivity contribution is 5.74. The number of carbonyl (C=O) groups is 1. The highest BCUT2D eigenvalue weighted by atomic mass is 16.1. The van der Waals surface area contributed by atoms with Gasteiger partial charge in [-0.3, -0.25) is 4.79 Å². The number of nitrogens with one attached hydrogen (secondary N) is 1. The van der Waals surface area contributed by atoms with Gasteiger partial charge in [0.2, 0.25) is 23.8 Å². The lowest BCUT2D eigenvalue weighted by Gasteiger charge is -2.31. The predicted molar refractivity (Wildman–Crippen MR) is 82.4 cm³/mol. The summed E-state index contributed by atoms with van der Waals surface area (Å²) in [5.74, 6) is 2.01. The van der Waals surface area contributed by atoms with Crippen molar-refractivity contribution in [1.29, 1.82) is 0 Å². The minimum atomic E-state index is -0.221. The summed E-state index contributed by atoms with van der Waals surface area (Å²) in [6.45, 7) is 1.66. The Morgan fingerprint density at radius 3 is 2.52 bits per heavy atom. The molecule has 2 heterocycles. The molecule has 0 unspecified atom stereocenters. The minimum Gasteiger partial charge on any atom is -0.370 e. The molecule has 0 aromatic carbocycles.